The summed E-state index contributed by atoms with van der Waals surface area (Å²) in [4.78, 5) is 31.6. The van der Waals surface area contributed by atoms with Gasteiger partial charge in [0.15, 0.2) is 6.10 Å². The van der Waals surface area contributed by atoms with Crippen LogP contribution in [0.2, 0.25) is 0 Å². The Bertz CT molecular complexity index is 710. The number of piperazine rings is 1. The summed E-state index contributed by atoms with van der Waals surface area (Å²) in [6, 6.07) is 7.56. The Labute approximate surface area is 161 Å². The highest BCUT2D eigenvalue weighted by atomic mass is 16.5. The second-order valence-electron chi connectivity index (χ2n) is 8.11. The van der Waals surface area contributed by atoms with Gasteiger partial charge in [-0.15, -0.1) is 0 Å². The number of benzene rings is 1. The summed E-state index contributed by atoms with van der Waals surface area (Å²) in [5.41, 5.74) is 2.05. The minimum atomic E-state index is -0.635. The molecule has 0 radical (unpaired) electrons. The molecule has 0 N–H and O–H groups in total. The number of hydrogen-bond donors (Lipinski definition) is 0. The van der Waals surface area contributed by atoms with E-state index < -0.39 is 6.10 Å². The lowest BCUT2D eigenvalue weighted by molar-refractivity contribution is -0.168. The summed E-state index contributed by atoms with van der Waals surface area (Å²) < 4.78 is 5.80. The first kappa shape index (κ1) is 18.4. The average Bonchev–Trinajstić information content (AvgIpc) is 3.49. The first-order chi connectivity index (χ1) is 13.0. The van der Waals surface area contributed by atoms with Crippen molar-refractivity contribution in [3.8, 4) is 0 Å². The van der Waals surface area contributed by atoms with Crippen LogP contribution in [0.3, 0.4) is 0 Å². The summed E-state index contributed by atoms with van der Waals surface area (Å²) in [6.07, 6.45) is 2.07. The first-order valence-corrected chi connectivity index (χ1v) is 9.98. The number of nitrogens with zero attached hydrogens (tertiary/aromatic N) is 3. The molecule has 1 aromatic carbocycles. The third-order valence-corrected chi connectivity index (χ3v) is 6.13. The van der Waals surface area contributed by atoms with Gasteiger partial charge < -0.3 is 14.5 Å². The molecule has 2 heterocycles. The Balaban J connectivity index is 1.49. The number of aryl methyl sites for hydroxylation is 1. The minimum absolute atomic E-state index is 0.00803. The molecule has 4 rings (SSSR count). The summed E-state index contributed by atoms with van der Waals surface area (Å²) in [6.45, 7) is 6.49. The van der Waals surface area contributed by atoms with Gasteiger partial charge in [0, 0.05) is 39.8 Å². The van der Waals surface area contributed by atoms with Crippen LogP contribution in [0, 0.1) is 12.8 Å². The van der Waals surface area contributed by atoms with E-state index >= 15 is 0 Å². The SMILES string of the molecule is Cc1ccccc1[C@@H]1[C@@H](C(=O)N2CCN(CC3CC3)CC2)OCC(=O)N1C. The van der Waals surface area contributed by atoms with E-state index in [1.807, 2.05) is 36.1 Å². The highest BCUT2D eigenvalue weighted by Gasteiger charge is 2.42. The maximum atomic E-state index is 13.3. The van der Waals surface area contributed by atoms with Crippen molar-refractivity contribution in [2.24, 2.45) is 5.92 Å². The van der Waals surface area contributed by atoms with Crippen molar-refractivity contribution in [2.75, 3.05) is 46.4 Å². The summed E-state index contributed by atoms with van der Waals surface area (Å²) in [5.74, 6) is 0.800. The lowest BCUT2D eigenvalue weighted by Crippen LogP contribution is -2.57. The van der Waals surface area contributed by atoms with E-state index in [4.69, 9.17) is 4.74 Å². The van der Waals surface area contributed by atoms with Gasteiger partial charge in [0.25, 0.3) is 5.91 Å². The van der Waals surface area contributed by atoms with Gasteiger partial charge in [0.2, 0.25) is 5.91 Å². The monoisotopic (exact) mass is 371 g/mol. The normalized spacial score (nSPS) is 27.1. The molecular weight excluding hydrogens is 342 g/mol. The van der Waals surface area contributed by atoms with Gasteiger partial charge in [0.05, 0.1) is 6.04 Å². The smallest absolute Gasteiger partial charge is 0.254 e. The zero-order valence-corrected chi connectivity index (χ0v) is 16.3. The second kappa shape index (κ2) is 7.60. The Morgan fingerprint density at radius 1 is 1.15 bits per heavy atom. The highest BCUT2D eigenvalue weighted by molar-refractivity contribution is 5.86. The first-order valence-electron chi connectivity index (χ1n) is 9.98. The molecule has 0 bridgehead atoms. The molecule has 0 aromatic heterocycles. The van der Waals surface area contributed by atoms with Crippen LogP contribution < -0.4 is 0 Å². The number of carbonyl (C=O) groups is 2. The molecule has 27 heavy (non-hydrogen) atoms. The van der Waals surface area contributed by atoms with Crippen LogP contribution in [0.15, 0.2) is 24.3 Å². The molecule has 2 saturated heterocycles. The second-order valence-corrected chi connectivity index (χ2v) is 8.11. The van der Waals surface area contributed by atoms with Crippen LogP contribution in [-0.2, 0) is 14.3 Å². The van der Waals surface area contributed by atoms with Crippen molar-refractivity contribution in [3.05, 3.63) is 35.4 Å². The van der Waals surface area contributed by atoms with Crippen LogP contribution in [0.1, 0.15) is 30.0 Å². The molecule has 2 aliphatic heterocycles. The fourth-order valence-corrected chi connectivity index (χ4v) is 4.21. The van der Waals surface area contributed by atoms with Crippen LogP contribution >= 0.6 is 0 Å². The van der Waals surface area contributed by atoms with Gasteiger partial charge in [-0.05, 0) is 36.8 Å². The molecule has 1 aliphatic carbocycles. The Hall–Kier alpha value is -1.92. The van der Waals surface area contributed by atoms with Crippen molar-refractivity contribution >= 4 is 11.8 Å². The van der Waals surface area contributed by atoms with Gasteiger partial charge in [-0.3, -0.25) is 14.5 Å². The third kappa shape index (κ3) is 3.87. The fraction of sp³-hybridized carbons (Fsp3) is 0.619. The highest BCUT2D eigenvalue weighted by Crippen LogP contribution is 2.33. The van der Waals surface area contributed by atoms with Gasteiger partial charge in [0.1, 0.15) is 6.61 Å². The number of likely N-dealkylation sites (N-methyl/N-ethyl adjacent to an activating group) is 1. The lowest BCUT2D eigenvalue weighted by Gasteiger charge is -2.42. The average molecular weight is 371 g/mol. The molecule has 6 heteroatoms. The predicted molar refractivity (Wildman–Crippen MR) is 102 cm³/mol. The number of morpholine rings is 1. The van der Waals surface area contributed by atoms with E-state index in [-0.39, 0.29) is 24.5 Å². The van der Waals surface area contributed by atoms with Gasteiger partial charge >= 0.3 is 0 Å². The predicted octanol–water partition coefficient (Wildman–Crippen LogP) is 1.45. The molecule has 2 amide bonds. The standard InChI is InChI=1S/C21H29N3O3/c1-15-5-3-4-6-17(15)19-20(27-14-18(25)22(19)2)21(26)24-11-9-23(10-12-24)13-16-7-8-16/h3-6,16,19-20H,7-14H2,1-2H3/t19-,20+/m1/s1. The zero-order chi connectivity index (χ0) is 19.0. The van der Waals surface area contributed by atoms with Gasteiger partial charge in [-0.25, -0.2) is 0 Å². The summed E-state index contributed by atoms with van der Waals surface area (Å²) in [5, 5.41) is 0. The van der Waals surface area contributed by atoms with E-state index in [2.05, 4.69) is 4.90 Å². The van der Waals surface area contributed by atoms with E-state index in [9.17, 15) is 9.59 Å². The largest absolute Gasteiger partial charge is 0.356 e. The minimum Gasteiger partial charge on any atom is -0.356 e. The number of hydrogen-bond acceptors (Lipinski definition) is 4. The van der Waals surface area contributed by atoms with Crippen molar-refractivity contribution < 1.29 is 14.3 Å². The maximum Gasteiger partial charge on any atom is 0.254 e. The summed E-state index contributed by atoms with van der Waals surface area (Å²) in [7, 11) is 1.77. The fourth-order valence-electron chi connectivity index (χ4n) is 4.21. The Kier molecular flexibility index (Phi) is 5.19. The van der Waals surface area contributed by atoms with Crippen molar-refractivity contribution in [3.63, 3.8) is 0 Å². The molecule has 6 nitrogen and oxygen atoms in total. The summed E-state index contributed by atoms with van der Waals surface area (Å²) >= 11 is 0. The lowest BCUT2D eigenvalue weighted by atomic mass is 9.93. The molecule has 1 saturated carbocycles. The van der Waals surface area contributed by atoms with Crippen LogP contribution in [0.25, 0.3) is 0 Å². The molecule has 1 aromatic rings. The van der Waals surface area contributed by atoms with Gasteiger partial charge in [-0.1, -0.05) is 24.3 Å². The van der Waals surface area contributed by atoms with E-state index in [1.54, 1.807) is 11.9 Å². The zero-order valence-electron chi connectivity index (χ0n) is 16.3. The van der Waals surface area contributed by atoms with Crippen molar-refractivity contribution in [1.29, 1.82) is 0 Å². The number of amides is 2. The van der Waals surface area contributed by atoms with Gasteiger partial charge in [-0.2, -0.15) is 0 Å². The number of rotatable bonds is 4. The molecule has 3 fully saturated rings. The van der Waals surface area contributed by atoms with Crippen molar-refractivity contribution in [1.82, 2.24) is 14.7 Å². The third-order valence-electron chi connectivity index (χ3n) is 6.13. The Morgan fingerprint density at radius 2 is 1.85 bits per heavy atom. The van der Waals surface area contributed by atoms with Crippen LogP contribution in [-0.4, -0.2) is 79.0 Å². The molecular formula is C21H29N3O3. The van der Waals surface area contributed by atoms with E-state index in [0.29, 0.717) is 0 Å². The molecule has 3 aliphatic rings. The topological polar surface area (TPSA) is 53.1 Å². The van der Waals surface area contributed by atoms with Crippen LogP contribution in [0.4, 0.5) is 0 Å². The number of ether oxygens (including phenoxy) is 1. The molecule has 2 atom stereocenters. The number of carbonyl (C=O) groups excluding carboxylic acids is 2. The van der Waals surface area contributed by atoms with E-state index in [0.717, 1.165) is 43.2 Å². The van der Waals surface area contributed by atoms with E-state index in [1.165, 1.54) is 19.4 Å². The maximum absolute atomic E-state index is 13.3. The molecule has 0 spiro atoms. The Morgan fingerprint density at radius 3 is 2.52 bits per heavy atom. The molecule has 0 unspecified atom stereocenters. The van der Waals surface area contributed by atoms with Crippen LogP contribution in [0.5, 0.6) is 0 Å². The van der Waals surface area contributed by atoms with Crippen molar-refractivity contribution in [2.45, 2.75) is 31.9 Å². The molecule has 146 valence electrons. The quantitative estimate of drug-likeness (QED) is 0.804.